The normalized spacial score (nSPS) is 17.7. The molecule has 152 valence electrons. The van der Waals surface area contributed by atoms with Gasteiger partial charge >= 0.3 is 0 Å². The number of carbonyl (C=O) groups is 2. The number of hydrogen-bond acceptors (Lipinski definition) is 5. The Bertz CT molecular complexity index is 886. The van der Waals surface area contributed by atoms with E-state index in [-0.39, 0.29) is 18.2 Å². The van der Waals surface area contributed by atoms with Crippen molar-refractivity contribution >= 4 is 40.1 Å². The van der Waals surface area contributed by atoms with Crippen LogP contribution in [0.25, 0.3) is 0 Å². The summed E-state index contributed by atoms with van der Waals surface area (Å²) in [5.41, 5.74) is 2.53. The van der Waals surface area contributed by atoms with Crippen LogP contribution in [0.15, 0.2) is 59.6 Å². The molecular formula is C22H25N3O3S. The van der Waals surface area contributed by atoms with Gasteiger partial charge in [0.25, 0.3) is 0 Å². The van der Waals surface area contributed by atoms with Gasteiger partial charge in [0, 0.05) is 32.4 Å². The molecule has 1 aliphatic heterocycles. The van der Waals surface area contributed by atoms with Gasteiger partial charge in [-0.05, 0) is 37.1 Å². The second-order valence-electron chi connectivity index (χ2n) is 6.74. The molecule has 1 unspecified atom stereocenters. The summed E-state index contributed by atoms with van der Waals surface area (Å²) in [6.07, 6.45) is 0.811. The highest BCUT2D eigenvalue weighted by molar-refractivity contribution is 8.15. The standard InChI is InChI=1S/C22H25N3O3S/c1-16-9-6-7-12-18(16)24-20(26)15-19-21(27)25(13-8-14-28-2)22(29-19)23-17-10-4-3-5-11-17/h3-7,9-12,19H,8,13-15H2,1-2H3,(H,24,26). The molecule has 1 atom stereocenters. The maximum absolute atomic E-state index is 13.0. The number of aliphatic imine (C=N–C) groups is 1. The Morgan fingerprint density at radius 2 is 1.90 bits per heavy atom. The highest BCUT2D eigenvalue weighted by atomic mass is 32.2. The molecule has 1 saturated heterocycles. The van der Waals surface area contributed by atoms with Crippen LogP contribution in [0, 0.1) is 6.92 Å². The zero-order valence-electron chi connectivity index (χ0n) is 16.6. The average Bonchev–Trinajstić information content (AvgIpc) is 2.99. The summed E-state index contributed by atoms with van der Waals surface area (Å²) in [4.78, 5) is 31.8. The van der Waals surface area contributed by atoms with Crippen LogP contribution in [0.4, 0.5) is 11.4 Å². The Morgan fingerprint density at radius 1 is 1.17 bits per heavy atom. The lowest BCUT2D eigenvalue weighted by atomic mass is 10.2. The van der Waals surface area contributed by atoms with Gasteiger partial charge in [0.2, 0.25) is 11.8 Å². The number of carbonyl (C=O) groups excluding carboxylic acids is 2. The molecule has 1 aliphatic rings. The van der Waals surface area contributed by atoms with Crippen molar-refractivity contribution in [1.82, 2.24) is 4.90 Å². The molecule has 0 radical (unpaired) electrons. The summed E-state index contributed by atoms with van der Waals surface area (Å²) in [6, 6.07) is 17.1. The van der Waals surface area contributed by atoms with Gasteiger partial charge < -0.3 is 10.1 Å². The minimum atomic E-state index is -0.482. The molecule has 1 N–H and O–H groups in total. The van der Waals surface area contributed by atoms with Crippen molar-refractivity contribution in [3.8, 4) is 0 Å². The average molecular weight is 412 g/mol. The molecule has 7 heteroatoms. The van der Waals surface area contributed by atoms with Crippen LogP contribution in [0.5, 0.6) is 0 Å². The molecule has 1 fully saturated rings. The molecule has 1 heterocycles. The van der Waals surface area contributed by atoms with E-state index in [0.717, 1.165) is 16.9 Å². The molecule has 0 bridgehead atoms. The van der Waals surface area contributed by atoms with Crippen molar-refractivity contribution in [3.63, 3.8) is 0 Å². The maximum atomic E-state index is 13.0. The number of benzene rings is 2. The molecule has 0 aromatic heterocycles. The summed E-state index contributed by atoms with van der Waals surface area (Å²) < 4.78 is 5.11. The lowest BCUT2D eigenvalue weighted by Gasteiger charge is -2.16. The summed E-state index contributed by atoms with van der Waals surface area (Å²) in [7, 11) is 1.64. The Labute approximate surface area is 175 Å². The first kappa shape index (κ1) is 21.1. The van der Waals surface area contributed by atoms with Gasteiger partial charge in [-0.3, -0.25) is 14.5 Å². The van der Waals surface area contributed by atoms with E-state index in [9.17, 15) is 9.59 Å². The van der Waals surface area contributed by atoms with E-state index in [1.54, 1.807) is 12.0 Å². The number of methoxy groups -OCH3 is 1. The Morgan fingerprint density at radius 3 is 2.62 bits per heavy atom. The molecule has 2 amide bonds. The van der Waals surface area contributed by atoms with Crippen molar-refractivity contribution in [2.75, 3.05) is 25.6 Å². The summed E-state index contributed by atoms with van der Waals surface area (Å²) in [5, 5.41) is 3.05. The predicted molar refractivity (Wildman–Crippen MR) is 118 cm³/mol. The fourth-order valence-corrected chi connectivity index (χ4v) is 4.18. The highest BCUT2D eigenvalue weighted by Crippen LogP contribution is 2.32. The molecule has 29 heavy (non-hydrogen) atoms. The number of amides is 2. The molecule has 6 nitrogen and oxygen atoms in total. The quantitative estimate of drug-likeness (QED) is 0.667. The number of anilines is 1. The van der Waals surface area contributed by atoms with Gasteiger partial charge in [0.15, 0.2) is 5.17 Å². The van der Waals surface area contributed by atoms with Crippen molar-refractivity contribution in [2.24, 2.45) is 4.99 Å². The van der Waals surface area contributed by atoms with Gasteiger partial charge in [-0.2, -0.15) is 0 Å². The van der Waals surface area contributed by atoms with Crippen LogP contribution >= 0.6 is 11.8 Å². The molecule has 0 aliphatic carbocycles. The second kappa shape index (κ2) is 10.2. The van der Waals surface area contributed by atoms with E-state index in [1.165, 1.54) is 11.8 Å². The SMILES string of the molecule is COCCCN1C(=O)C(CC(=O)Nc2ccccc2C)SC1=Nc1ccccc1. The Hall–Kier alpha value is -2.64. The van der Waals surface area contributed by atoms with Gasteiger partial charge in [0.1, 0.15) is 5.25 Å². The first-order valence-electron chi connectivity index (χ1n) is 9.54. The third-order valence-corrected chi connectivity index (χ3v) is 5.70. The monoisotopic (exact) mass is 411 g/mol. The third kappa shape index (κ3) is 5.68. The van der Waals surface area contributed by atoms with E-state index in [2.05, 4.69) is 10.3 Å². The van der Waals surface area contributed by atoms with Gasteiger partial charge in [-0.1, -0.05) is 48.2 Å². The van der Waals surface area contributed by atoms with Crippen LogP contribution in [0.2, 0.25) is 0 Å². The van der Waals surface area contributed by atoms with Gasteiger partial charge in [0.05, 0.1) is 5.69 Å². The molecule has 0 saturated carbocycles. The predicted octanol–water partition coefficient (Wildman–Crippen LogP) is 3.99. The number of amidine groups is 1. The number of nitrogens with zero attached hydrogens (tertiary/aromatic N) is 2. The van der Waals surface area contributed by atoms with Crippen molar-refractivity contribution in [3.05, 3.63) is 60.2 Å². The van der Waals surface area contributed by atoms with Crippen LogP contribution in [-0.2, 0) is 14.3 Å². The van der Waals surface area contributed by atoms with E-state index >= 15 is 0 Å². The largest absolute Gasteiger partial charge is 0.385 e. The fraction of sp³-hybridized carbons (Fsp3) is 0.318. The summed E-state index contributed by atoms with van der Waals surface area (Å²) in [6.45, 7) is 3.01. The fourth-order valence-electron chi connectivity index (χ4n) is 2.99. The number of thioether (sulfide) groups is 1. The zero-order valence-corrected chi connectivity index (χ0v) is 17.4. The van der Waals surface area contributed by atoms with Gasteiger partial charge in [-0.15, -0.1) is 0 Å². The highest BCUT2D eigenvalue weighted by Gasteiger charge is 2.38. The minimum Gasteiger partial charge on any atom is -0.385 e. The number of para-hydroxylation sites is 2. The molecule has 2 aromatic carbocycles. The molecule has 0 spiro atoms. The lowest BCUT2D eigenvalue weighted by molar-refractivity contribution is -0.128. The Balaban J connectivity index is 1.72. The topological polar surface area (TPSA) is 71.0 Å². The van der Waals surface area contributed by atoms with Crippen LogP contribution in [0.3, 0.4) is 0 Å². The van der Waals surface area contributed by atoms with Crippen molar-refractivity contribution < 1.29 is 14.3 Å². The molecular weight excluding hydrogens is 386 g/mol. The first-order chi connectivity index (χ1) is 14.1. The molecule has 3 rings (SSSR count). The van der Waals surface area contributed by atoms with Crippen LogP contribution < -0.4 is 5.32 Å². The summed E-state index contributed by atoms with van der Waals surface area (Å²) >= 11 is 1.35. The van der Waals surface area contributed by atoms with E-state index < -0.39 is 5.25 Å². The van der Waals surface area contributed by atoms with Gasteiger partial charge in [-0.25, -0.2) is 4.99 Å². The van der Waals surface area contributed by atoms with E-state index in [4.69, 9.17) is 4.74 Å². The number of ether oxygens (including phenoxy) is 1. The maximum Gasteiger partial charge on any atom is 0.242 e. The van der Waals surface area contributed by atoms with Crippen LogP contribution in [-0.4, -0.2) is 47.4 Å². The summed E-state index contributed by atoms with van der Waals surface area (Å²) in [5.74, 6) is -0.260. The van der Waals surface area contributed by atoms with Crippen molar-refractivity contribution in [1.29, 1.82) is 0 Å². The second-order valence-corrected chi connectivity index (χ2v) is 7.91. The molecule has 2 aromatic rings. The number of rotatable bonds is 8. The number of hydrogen-bond donors (Lipinski definition) is 1. The van der Waals surface area contributed by atoms with Crippen molar-refractivity contribution in [2.45, 2.75) is 25.0 Å². The van der Waals surface area contributed by atoms with E-state index in [1.807, 2.05) is 61.5 Å². The number of aryl methyl sites for hydroxylation is 1. The Kier molecular flexibility index (Phi) is 7.43. The minimum absolute atomic E-state index is 0.0827. The third-order valence-electron chi connectivity index (χ3n) is 4.52. The van der Waals surface area contributed by atoms with E-state index in [0.29, 0.717) is 24.7 Å². The number of nitrogens with one attached hydrogen (secondary N) is 1. The lowest BCUT2D eigenvalue weighted by Crippen LogP contribution is -2.34. The zero-order chi connectivity index (χ0) is 20.6. The first-order valence-corrected chi connectivity index (χ1v) is 10.4. The van der Waals surface area contributed by atoms with Crippen LogP contribution in [0.1, 0.15) is 18.4 Å². The smallest absolute Gasteiger partial charge is 0.242 e.